The molecule has 4 nitrogen and oxygen atoms in total. The molecule has 0 radical (unpaired) electrons. The van der Waals surface area contributed by atoms with Crippen LogP contribution in [-0.2, 0) is 0 Å². The number of phenolic OH excluding ortho intramolecular Hbond substituents is 1. The number of phenols is 1. The Balaban J connectivity index is 1.35. The second kappa shape index (κ2) is 12.0. The Hall–Kier alpha value is -3.08. The highest BCUT2D eigenvalue weighted by Crippen LogP contribution is 2.45. The lowest BCUT2D eigenvalue weighted by molar-refractivity contribution is 0.213. The number of aromatic hydroxyl groups is 1. The SMILES string of the molecule is OCCC/C(=C(\c1ccc(O)cc1)c1ccc(OCCN2CCC3(CCCC3)C2)cc1)c1ccccc1. The van der Waals surface area contributed by atoms with E-state index in [0.29, 0.717) is 18.4 Å². The minimum atomic E-state index is 0.143. The summed E-state index contributed by atoms with van der Waals surface area (Å²) in [5.74, 6) is 1.14. The van der Waals surface area contributed by atoms with Crippen LogP contribution in [0.3, 0.4) is 0 Å². The van der Waals surface area contributed by atoms with Crippen LogP contribution < -0.4 is 4.74 Å². The zero-order valence-corrected chi connectivity index (χ0v) is 21.7. The topological polar surface area (TPSA) is 52.9 Å². The van der Waals surface area contributed by atoms with Gasteiger partial charge >= 0.3 is 0 Å². The average molecular weight is 498 g/mol. The van der Waals surface area contributed by atoms with E-state index in [1.165, 1.54) is 50.8 Å². The van der Waals surface area contributed by atoms with Crippen molar-refractivity contribution in [3.63, 3.8) is 0 Å². The molecular weight excluding hydrogens is 458 g/mol. The van der Waals surface area contributed by atoms with Crippen molar-refractivity contribution < 1.29 is 14.9 Å². The van der Waals surface area contributed by atoms with Crippen molar-refractivity contribution in [1.29, 1.82) is 0 Å². The van der Waals surface area contributed by atoms with Gasteiger partial charge in [-0.2, -0.15) is 0 Å². The van der Waals surface area contributed by atoms with Crippen molar-refractivity contribution in [3.8, 4) is 11.5 Å². The lowest BCUT2D eigenvalue weighted by Gasteiger charge is -2.23. The number of ether oxygens (including phenoxy) is 1. The first kappa shape index (κ1) is 25.6. The van der Waals surface area contributed by atoms with Crippen molar-refractivity contribution in [2.45, 2.75) is 44.9 Å². The summed E-state index contributed by atoms with van der Waals surface area (Å²) in [6.07, 6.45) is 8.43. The summed E-state index contributed by atoms with van der Waals surface area (Å²) in [5.41, 5.74) is 6.18. The predicted molar refractivity (Wildman–Crippen MR) is 151 cm³/mol. The maximum Gasteiger partial charge on any atom is 0.119 e. The molecule has 1 heterocycles. The third-order valence-corrected chi connectivity index (χ3v) is 8.17. The highest BCUT2D eigenvalue weighted by Gasteiger charge is 2.39. The minimum absolute atomic E-state index is 0.143. The lowest BCUT2D eigenvalue weighted by atomic mass is 9.86. The predicted octanol–water partition coefficient (Wildman–Crippen LogP) is 6.77. The Morgan fingerprint density at radius 1 is 0.811 bits per heavy atom. The number of hydrogen-bond donors (Lipinski definition) is 2. The molecule has 2 N–H and O–H groups in total. The molecule has 2 fully saturated rings. The molecule has 37 heavy (non-hydrogen) atoms. The molecule has 2 aliphatic rings. The summed E-state index contributed by atoms with van der Waals surface area (Å²) in [7, 11) is 0. The number of likely N-dealkylation sites (tertiary alicyclic amines) is 1. The molecule has 4 heteroatoms. The molecule has 0 bridgehead atoms. The second-order valence-electron chi connectivity index (χ2n) is 10.7. The highest BCUT2D eigenvalue weighted by atomic mass is 16.5. The maximum absolute atomic E-state index is 9.89. The number of nitrogens with zero attached hydrogens (tertiary/aromatic N) is 1. The molecule has 0 unspecified atom stereocenters. The van der Waals surface area contributed by atoms with Crippen LogP contribution in [0, 0.1) is 5.41 Å². The molecule has 0 aromatic heterocycles. The molecule has 1 saturated heterocycles. The monoisotopic (exact) mass is 497 g/mol. The Bertz CT molecular complexity index is 1160. The normalized spacial score (nSPS) is 17.8. The Labute approximate surface area is 221 Å². The first-order chi connectivity index (χ1) is 18.2. The molecule has 1 saturated carbocycles. The van der Waals surface area contributed by atoms with Gasteiger partial charge < -0.3 is 14.9 Å². The molecule has 3 aromatic carbocycles. The minimum Gasteiger partial charge on any atom is -0.508 e. The van der Waals surface area contributed by atoms with Gasteiger partial charge in [-0.1, -0.05) is 67.4 Å². The van der Waals surface area contributed by atoms with E-state index < -0.39 is 0 Å². The molecule has 0 amide bonds. The van der Waals surface area contributed by atoms with Crippen molar-refractivity contribution in [2.24, 2.45) is 5.41 Å². The largest absolute Gasteiger partial charge is 0.508 e. The molecule has 1 aliphatic heterocycles. The number of aliphatic hydroxyl groups is 1. The molecule has 5 rings (SSSR count). The first-order valence-electron chi connectivity index (χ1n) is 13.8. The molecule has 3 aromatic rings. The quantitative estimate of drug-likeness (QED) is 0.304. The van der Waals surface area contributed by atoms with Gasteiger partial charge in [0.05, 0.1) is 0 Å². The van der Waals surface area contributed by atoms with E-state index in [9.17, 15) is 10.2 Å². The van der Waals surface area contributed by atoms with E-state index in [0.717, 1.165) is 41.0 Å². The third-order valence-electron chi connectivity index (χ3n) is 8.17. The summed E-state index contributed by atoms with van der Waals surface area (Å²) in [6, 6.07) is 26.1. The number of hydrogen-bond acceptors (Lipinski definition) is 4. The van der Waals surface area contributed by atoms with Crippen LogP contribution in [0.2, 0.25) is 0 Å². The standard InChI is InChI=1S/C33H39NO3/c35-23-6-9-31(26-7-2-1-3-8-26)32(27-10-14-29(36)15-11-27)28-12-16-30(17-13-28)37-24-22-34-21-20-33(25-34)18-4-5-19-33/h1-3,7-8,10-17,35-36H,4-6,9,18-25H2/b32-31-. The highest BCUT2D eigenvalue weighted by molar-refractivity contribution is 5.98. The number of aliphatic hydroxyl groups excluding tert-OH is 1. The van der Waals surface area contributed by atoms with E-state index in [1.807, 2.05) is 18.2 Å². The summed E-state index contributed by atoms with van der Waals surface area (Å²) < 4.78 is 6.16. The van der Waals surface area contributed by atoms with Crippen molar-refractivity contribution in [1.82, 2.24) is 4.90 Å². The lowest BCUT2D eigenvalue weighted by Crippen LogP contribution is -2.29. The summed E-state index contributed by atoms with van der Waals surface area (Å²) in [5, 5.41) is 19.5. The van der Waals surface area contributed by atoms with Crippen LogP contribution >= 0.6 is 0 Å². The van der Waals surface area contributed by atoms with E-state index in [-0.39, 0.29) is 12.4 Å². The van der Waals surface area contributed by atoms with Gasteiger partial charge in [0.2, 0.25) is 0 Å². The van der Waals surface area contributed by atoms with Crippen LogP contribution in [0.4, 0.5) is 0 Å². The van der Waals surface area contributed by atoms with Crippen LogP contribution in [0.1, 0.15) is 61.6 Å². The van der Waals surface area contributed by atoms with Crippen LogP contribution in [-0.4, -0.2) is 48.0 Å². The summed E-state index contributed by atoms with van der Waals surface area (Å²) >= 11 is 0. The maximum atomic E-state index is 9.89. The van der Waals surface area contributed by atoms with E-state index in [4.69, 9.17) is 4.74 Å². The Kier molecular flexibility index (Phi) is 8.28. The number of allylic oxidation sites excluding steroid dienone is 1. The summed E-state index contributed by atoms with van der Waals surface area (Å²) in [4.78, 5) is 2.58. The van der Waals surface area contributed by atoms with Gasteiger partial charge in [0.25, 0.3) is 0 Å². The summed E-state index contributed by atoms with van der Waals surface area (Å²) in [6.45, 7) is 4.29. The second-order valence-corrected chi connectivity index (χ2v) is 10.7. The Morgan fingerprint density at radius 2 is 1.49 bits per heavy atom. The molecular formula is C33H39NO3. The zero-order valence-electron chi connectivity index (χ0n) is 21.7. The van der Waals surface area contributed by atoms with Crippen molar-refractivity contribution in [3.05, 3.63) is 95.6 Å². The van der Waals surface area contributed by atoms with Gasteiger partial charge in [0.15, 0.2) is 0 Å². The van der Waals surface area contributed by atoms with Gasteiger partial charge in [-0.05, 0) is 96.2 Å². The van der Waals surface area contributed by atoms with Gasteiger partial charge in [-0.25, -0.2) is 0 Å². The van der Waals surface area contributed by atoms with Gasteiger partial charge in [-0.3, -0.25) is 4.90 Å². The van der Waals surface area contributed by atoms with Crippen molar-refractivity contribution in [2.75, 3.05) is 32.8 Å². The van der Waals surface area contributed by atoms with Gasteiger partial charge in [0, 0.05) is 19.7 Å². The average Bonchev–Trinajstić information content (AvgIpc) is 3.57. The fourth-order valence-electron chi connectivity index (χ4n) is 6.21. The smallest absolute Gasteiger partial charge is 0.119 e. The fourth-order valence-corrected chi connectivity index (χ4v) is 6.21. The van der Waals surface area contributed by atoms with Crippen LogP contribution in [0.15, 0.2) is 78.9 Å². The Morgan fingerprint density at radius 3 is 2.16 bits per heavy atom. The third kappa shape index (κ3) is 6.26. The number of benzene rings is 3. The molecule has 194 valence electrons. The fraction of sp³-hybridized carbons (Fsp3) is 0.394. The number of rotatable bonds is 10. The molecule has 1 spiro atoms. The van der Waals surface area contributed by atoms with Crippen molar-refractivity contribution >= 4 is 11.1 Å². The van der Waals surface area contributed by atoms with Crippen LogP contribution in [0.5, 0.6) is 11.5 Å². The van der Waals surface area contributed by atoms with Gasteiger partial charge in [0.1, 0.15) is 18.1 Å². The molecule has 1 aliphatic carbocycles. The first-order valence-corrected chi connectivity index (χ1v) is 13.8. The molecule has 0 atom stereocenters. The van der Waals surface area contributed by atoms with E-state index in [2.05, 4.69) is 53.4 Å². The zero-order chi connectivity index (χ0) is 25.5. The van der Waals surface area contributed by atoms with E-state index >= 15 is 0 Å². The van der Waals surface area contributed by atoms with E-state index in [1.54, 1.807) is 12.1 Å². The van der Waals surface area contributed by atoms with Crippen LogP contribution in [0.25, 0.3) is 11.1 Å². The van der Waals surface area contributed by atoms with Gasteiger partial charge in [-0.15, -0.1) is 0 Å².